The molecule has 0 atom stereocenters. The summed E-state index contributed by atoms with van der Waals surface area (Å²) in [6.07, 6.45) is 0. The molecule has 0 aliphatic rings. The van der Waals surface area contributed by atoms with Gasteiger partial charge in [0.05, 0.1) is 11.2 Å². The van der Waals surface area contributed by atoms with Gasteiger partial charge in [0.1, 0.15) is 0 Å². The maximum atomic E-state index is 10.5. The van der Waals surface area contributed by atoms with Gasteiger partial charge in [0.15, 0.2) is 17.5 Å². The van der Waals surface area contributed by atoms with Crippen molar-refractivity contribution in [1.29, 1.82) is 0 Å². The monoisotopic (exact) mass is 513 g/mol. The predicted octanol–water partition coefficient (Wildman–Crippen LogP) is 6.08. The summed E-state index contributed by atoms with van der Waals surface area (Å²) in [7, 11) is 0.356. The van der Waals surface area contributed by atoms with Crippen molar-refractivity contribution in [3.05, 3.63) is 109 Å². The van der Waals surface area contributed by atoms with Gasteiger partial charge in [-0.15, -0.1) is 0 Å². The third-order valence-corrected chi connectivity index (χ3v) is 7.18. The second kappa shape index (κ2) is 10.9. The van der Waals surface area contributed by atoms with Crippen molar-refractivity contribution in [2.75, 3.05) is 0 Å². The summed E-state index contributed by atoms with van der Waals surface area (Å²) >= 11 is 0. The topological polar surface area (TPSA) is 68.1 Å². The molecule has 1 aromatic heterocycles. The molecule has 6 heteroatoms. The fourth-order valence-electron chi connectivity index (χ4n) is 4.03. The van der Waals surface area contributed by atoms with E-state index in [-0.39, 0.29) is 0 Å². The first-order chi connectivity index (χ1) is 18.7. The molecule has 0 spiro atoms. The van der Waals surface area contributed by atoms with Crippen LogP contribution in [0.15, 0.2) is 109 Å². The van der Waals surface area contributed by atoms with E-state index in [1.807, 2.05) is 86.6 Å². The molecule has 1 heterocycles. The molecular formula is C33H32BN3O2. The second-order valence-corrected chi connectivity index (χ2v) is 10.7. The predicted molar refractivity (Wildman–Crippen MR) is 160 cm³/mol. The molecule has 0 saturated carbocycles. The first-order valence-electron chi connectivity index (χ1n) is 13.1. The van der Waals surface area contributed by atoms with Crippen LogP contribution in [0.2, 0.25) is 0 Å². The summed E-state index contributed by atoms with van der Waals surface area (Å²) in [5.74, 6) is 1.82. The Balaban J connectivity index is 1.51. The van der Waals surface area contributed by atoms with E-state index >= 15 is 0 Å². The van der Waals surface area contributed by atoms with E-state index in [9.17, 15) is 5.11 Å². The van der Waals surface area contributed by atoms with Crippen LogP contribution < -0.4 is 5.46 Å². The lowest BCUT2D eigenvalue weighted by Crippen LogP contribution is -2.49. The highest BCUT2D eigenvalue weighted by molar-refractivity contribution is 6.47. The SMILES string of the molecule is CC(C)(O)C(C)(C)OBc1cccc(-c2nc(-c3ccccc3)nc(-c3ccc(-c4ccccc4)cc3)n2)c1. The van der Waals surface area contributed by atoms with Crippen LogP contribution in [-0.4, -0.2) is 38.7 Å². The smallest absolute Gasteiger partial charge is 0.309 e. The van der Waals surface area contributed by atoms with Crippen LogP contribution in [0.4, 0.5) is 0 Å². The van der Waals surface area contributed by atoms with Gasteiger partial charge < -0.3 is 9.76 Å². The van der Waals surface area contributed by atoms with Crippen LogP contribution in [-0.2, 0) is 4.65 Å². The quantitative estimate of drug-likeness (QED) is 0.255. The zero-order valence-electron chi connectivity index (χ0n) is 22.8. The van der Waals surface area contributed by atoms with Crippen molar-refractivity contribution in [3.8, 4) is 45.3 Å². The van der Waals surface area contributed by atoms with Crippen LogP contribution in [0.1, 0.15) is 27.7 Å². The normalized spacial score (nSPS) is 11.8. The van der Waals surface area contributed by atoms with E-state index in [0.717, 1.165) is 33.3 Å². The molecule has 0 aliphatic carbocycles. The Hall–Kier alpha value is -4.13. The average molecular weight is 513 g/mol. The summed E-state index contributed by atoms with van der Waals surface area (Å²) in [6, 6.07) is 36.6. The van der Waals surface area contributed by atoms with Crippen molar-refractivity contribution in [1.82, 2.24) is 15.0 Å². The van der Waals surface area contributed by atoms with Crippen molar-refractivity contribution in [2.24, 2.45) is 0 Å². The van der Waals surface area contributed by atoms with Crippen LogP contribution in [0.25, 0.3) is 45.3 Å². The van der Waals surface area contributed by atoms with Crippen LogP contribution >= 0.6 is 0 Å². The van der Waals surface area contributed by atoms with Gasteiger partial charge in [0.2, 0.25) is 0 Å². The summed E-state index contributed by atoms with van der Waals surface area (Å²) in [5.41, 5.74) is 4.30. The highest BCUT2D eigenvalue weighted by atomic mass is 16.5. The molecule has 0 saturated heterocycles. The lowest BCUT2D eigenvalue weighted by atomic mass is 9.82. The first kappa shape index (κ1) is 26.5. The van der Waals surface area contributed by atoms with Crippen LogP contribution in [0.5, 0.6) is 0 Å². The minimum atomic E-state index is -0.978. The van der Waals surface area contributed by atoms with Gasteiger partial charge in [-0.2, -0.15) is 0 Å². The van der Waals surface area contributed by atoms with E-state index in [0.29, 0.717) is 25.0 Å². The van der Waals surface area contributed by atoms with Gasteiger partial charge >= 0.3 is 7.48 Å². The van der Waals surface area contributed by atoms with Crippen molar-refractivity contribution in [3.63, 3.8) is 0 Å². The van der Waals surface area contributed by atoms with E-state index < -0.39 is 11.2 Å². The molecule has 0 aliphatic heterocycles. The third-order valence-electron chi connectivity index (χ3n) is 7.18. The summed E-state index contributed by atoms with van der Waals surface area (Å²) in [5, 5.41) is 10.5. The number of hydrogen-bond donors (Lipinski definition) is 1. The Labute approximate surface area is 230 Å². The Kier molecular flexibility index (Phi) is 7.42. The zero-order valence-corrected chi connectivity index (χ0v) is 22.8. The van der Waals surface area contributed by atoms with Gasteiger partial charge in [0, 0.05) is 16.7 Å². The Morgan fingerprint density at radius 1 is 0.538 bits per heavy atom. The second-order valence-electron chi connectivity index (χ2n) is 10.7. The van der Waals surface area contributed by atoms with E-state index in [1.165, 1.54) is 0 Å². The summed E-state index contributed by atoms with van der Waals surface area (Å²) < 4.78 is 6.10. The highest BCUT2D eigenvalue weighted by Gasteiger charge is 2.35. The molecule has 0 bridgehead atoms. The number of hydrogen-bond acceptors (Lipinski definition) is 5. The summed E-state index contributed by atoms with van der Waals surface area (Å²) in [4.78, 5) is 14.6. The number of rotatable bonds is 8. The van der Waals surface area contributed by atoms with Crippen molar-refractivity contribution in [2.45, 2.75) is 38.9 Å². The van der Waals surface area contributed by atoms with E-state index in [1.54, 1.807) is 13.8 Å². The lowest BCUT2D eigenvalue weighted by molar-refractivity contribution is -0.0893. The Morgan fingerprint density at radius 2 is 0.974 bits per heavy atom. The highest BCUT2D eigenvalue weighted by Crippen LogP contribution is 2.27. The number of aromatic nitrogens is 3. The average Bonchev–Trinajstić information content (AvgIpc) is 2.96. The number of benzene rings is 4. The largest absolute Gasteiger partial charge is 0.427 e. The Bertz CT molecular complexity index is 1550. The van der Waals surface area contributed by atoms with Crippen molar-refractivity contribution < 1.29 is 9.76 Å². The van der Waals surface area contributed by atoms with Gasteiger partial charge in [-0.1, -0.05) is 115 Å². The molecule has 0 fully saturated rings. The first-order valence-corrected chi connectivity index (χ1v) is 13.1. The molecule has 1 N–H and O–H groups in total. The van der Waals surface area contributed by atoms with E-state index in [2.05, 4.69) is 36.4 Å². The molecule has 39 heavy (non-hydrogen) atoms. The minimum Gasteiger partial charge on any atom is -0.427 e. The van der Waals surface area contributed by atoms with Crippen LogP contribution in [0, 0.1) is 0 Å². The van der Waals surface area contributed by atoms with Crippen LogP contribution in [0.3, 0.4) is 0 Å². The van der Waals surface area contributed by atoms with Gasteiger partial charge in [-0.25, -0.2) is 15.0 Å². The maximum absolute atomic E-state index is 10.5. The molecule has 5 rings (SSSR count). The molecule has 0 radical (unpaired) electrons. The fourth-order valence-corrected chi connectivity index (χ4v) is 4.03. The standard InChI is InChI=1S/C33H32BN3O2/c1-32(2,38)33(3,4)39-34-28-17-11-16-27(22-28)31-36-29(25-14-9-6-10-15-25)35-30(37-31)26-20-18-24(19-21-26)23-12-7-5-8-13-23/h5-22,34,38H,1-4H3. The van der Waals surface area contributed by atoms with Gasteiger partial charge in [-0.3, -0.25) is 0 Å². The molecular weight excluding hydrogens is 481 g/mol. The van der Waals surface area contributed by atoms with E-state index in [4.69, 9.17) is 19.6 Å². The Morgan fingerprint density at radius 3 is 1.54 bits per heavy atom. The molecule has 0 unspecified atom stereocenters. The number of aliphatic hydroxyl groups is 1. The molecule has 4 aromatic carbocycles. The number of nitrogens with zero attached hydrogens (tertiary/aromatic N) is 3. The third kappa shape index (κ3) is 6.14. The zero-order chi connectivity index (χ0) is 27.5. The lowest BCUT2D eigenvalue weighted by Gasteiger charge is -2.37. The fraction of sp³-hybridized carbons (Fsp3) is 0.182. The van der Waals surface area contributed by atoms with Gasteiger partial charge in [0.25, 0.3) is 0 Å². The molecule has 194 valence electrons. The molecule has 0 amide bonds. The minimum absolute atomic E-state index is 0.356. The maximum Gasteiger partial charge on any atom is 0.309 e. The molecule has 5 aromatic rings. The summed E-state index contributed by atoms with van der Waals surface area (Å²) in [6.45, 7) is 7.30. The molecule has 5 nitrogen and oxygen atoms in total. The van der Waals surface area contributed by atoms with Crippen molar-refractivity contribution >= 4 is 12.9 Å². The van der Waals surface area contributed by atoms with Gasteiger partial charge in [-0.05, 0) is 38.8 Å².